The van der Waals surface area contributed by atoms with E-state index >= 15 is 0 Å². The van der Waals surface area contributed by atoms with Crippen molar-refractivity contribution in [3.05, 3.63) is 35.9 Å². The van der Waals surface area contributed by atoms with Crippen molar-refractivity contribution in [3.8, 4) is 0 Å². The van der Waals surface area contributed by atoms with Gasteiger partial charge in [0.15, 0.2) is 0 Å². The van der Waals surface area contributed by atoms with Crippen LogP contribution in [-0.4, -0.2) is 48.6 Å². The average Bonchev–Trinajstić information content (AvgIpc) is 3.13. The molecule has 27 heavy (non-hydrogen) atoms. The number of ether oxygens (including phenoxy) is 2. The van der Waals surface area contributed by atoms with Crippen LogP contribution < -0.4 is 5.32 Å². The number of carbonyl (C=O) groups excluding carboxylic acids is 3. The summed E-state index contributed by atoms with van der Waals surface area (Å²) in [6.07, 6.45) is 0.620. The Bertz CT molecular complexity index is 669. The van der Waals surface area contributed by atoms with Gasteiger partial charge in [-0.05, 0) is 23.8 Å². The van der Waals surface area contributed by atoms with E-state index in [0.717, 1.165) is 12.0 Å². The molecule has 0 aliphatic carbocycles. The maximum absolute atomic E-state index is 13.1. The summed E-state index contributed by atoms with van der Waals surface area (Å²) in [5, 5.41) is 2.68. The number of hydrogen-bond acceptors (Lipinski definition) is 5. The lowest BCUT2D eigenvalue weighted by Crippen LogP contribution is -2.56. The van der Waals surface area contributed by atoms with Crippen LogP contribution in [0.3, 0.4) is 0 Å². The largest absolute Gasteiger partial charge is 0.467 e. The highest BCUT2D eigenvalue weighted by Crippen LogP contribution is 2.26. The van der Waals surface area contributed by atoms with Gasteiger partial charge in [0.25, 0.3) is 0 Å². The van der Waals surface area contributed by atoms with Crippen LogP contribution >= 0.6 is 0 Å². The Kier molecular flexibility index (Phi) is 6.82. The standard InChI is InChI=1S/C20H28N2O5/c1-20(2,3)16(17(23)22-12-8-11-15(22)18(24)26-4)21-19(25)27-13-14-9-6-5-7-10-14/h5-7,9-10,15-16H,8,11-13H2,1-4H3,(H,21,25). The molecule has 1 fully saturated rings. The van der Waals surface area contributed by atoms with E-state index in [1.165, 1.54) is 12.0 Å². The van der Waals surface area contributed by atoms with Crippen molar-refractivity contribution in [1.82, 2.24) is 10.2 Å². The zero-order chi connectivity index (χ0) is 20.0. The first-order chi connectivity index (χ1) is 12.7. The molecule has 7 nitrogen and oxygen atoms in total. The van der Waals surface area contributed by atoms with Crippen LogP contribution in [0.5, 0.6) is 0 Å². The van der Waals surface area contributed by atoms with E-state index in [1.807, 2.05) is 51.1 Å². The normalized spacial score (nSPS) is 17.9. The van der Waals surface area contributed by atoms with Gasteiger partial charge in [-0.15, -0.1) is 0 Å². The van der Waals surface area contributed by atoms with Crippen molar-refractivity contribution in [2.45, 2.75) is 52.3 Å². The molecule has 0 aromatic heterocycles. The van der Waals surface area contributed by atoms with Crippen LogP contribution in [0.25, 0.3) is 0 Å². The van der Waals surface area contributed by atoms with Gasteiger partial charge in [-0.2, -0.15) is 0 Å². The van der Waals surface area contributed by atoms with E-state index in [2.05, 4.69) is 5.32 Å². The minimum atomic E-state index is -0.814. The number of likely N-dealkylation sites (tertiary alicyclic amines) is 1. The number of nitrogens with one attached hydrogen (secondary N) is 1. The molecule has 1 aromatic rings. The van der Waals surface area contributed by atoms with Crippen molar-refractivity contribution in [1.29, 1.82) is 0 Å². The maximum atomic E-state index is 13.1. The molecular formula is C20H28N2O5. The molecule has 2 rings (SSSR count). The fraction of sp³-hybridized carbons (Fsp3) is 0.550. The third-order valence-electron chi connectivity index (χ3n) is 4.60. The van der Waals surface area contributed by atoms with Crippen LogP contribution in [-0.2, 0) is 25.7 Å². The molecule has 1 aliphatic heterocycles. The predicted octanol–water partition coefficient (Wildman–Crippen LogP) is 2.49. The Morgan fingerprint density at radius 3 is 2.48 bits per heavy atom. The Morgan fingerprint density at radius 2 is 1.89 bits per heavy atom. The third-order valence-corrected chi connectivity index (χ3v) is 4.60. The molecule has 148 valence electrons. The SMILES string of the molecule is COC(=O)C1CCCN1C(=O)C(NC(=O)OCc1ccccc1)C(C)(C)C. The Labute approximate surface area is 160 Å². The van der Waals surface area contributed by atoms with Gasteiger partial charge in [0.05, 0.1) is 7.11 Å². The highest BCUT2D eigenvalue weighted by atomic mass is 16.5. The van der Waals surface area contributed by atoms with Crippen LogP contribution in [0.15, 0.2) is 30.3 Å². The van der Waals surface area contributed by atoms with Crippen LogP contribution in [0.4, 0.5) is 4.79 Å². The first-order valence-corrected chi connectivity index (χ1v) is 9.09. The summed E-state index contributed by atoms with van der Waals surface area (Å²) in [6, 6.07) is 7.89. The number of benzene rings is 1. The van der Waals surface area contributed by atoms with Crippen LogP contribution in [0.1, 0.15) is 39.2 Å². The Morgan fingerprint density at radius 1 is 1.22 bits per heavy atom. The van der Waals surface area contributed by atoms with Crippen molar-refractivity contribution in [2.24, 2.45) is 5.41 Å². The zero-order valence-corrected chi connectivity index (χ0v) is 16.4. The van der Waals surface area contributed by atoms with E-state index < -0.39 is 29.6 Å². The van der Waals surface area contributed by atoms with Gasteiger partial charge >= 0.3 is 12.1 Å². The van der Waals surface area contributed by atoms with Gasteiger partial charge in [-0.3, -0.25) is 4.79 Å². The fourth-order valence-corrected chi connectivity index (χ4v) is 3.11. The molecule has 0 radical (unpaired) electrons. The molecule has 2 atom stereocenters. The zero-order valence-electron chi connectivity index (χ0n) is 16.4. The van der Waals surface area contributed by atoms with E-state index in [-0.39, 0.29) is 12.5 Å². The number of nitrogens with zero attached hydrogens (tertiary/aromatic N) is 1. The highest BCUT2D eigenvalue weighted by Gasteiger charge is 2.42. The lowest BCUT2D eigenvalue weighted by Gasteiger charge is -2.34. The molecule has 1 aliphatic rings. The third kappa shape index (κ3) is 5.45. The number of esters is 1. The second-order valence-corrected chi connectivity index (χ2v) is 7.72. The van der Waals surface area contributed by atoms with Crippen molar-refractivity contribution in [3.63, 3.8) is 0 Å². The average molecular weight is 376 g/mol. The topological polar surface area (TPSA) is 84.9 Å². The molecule has 7 heteroatoms. The molecule has 0 spiro atoms. The van der Waals surface area contributed by atoms with Gasteiger partial charge in [-0.1, -0.05) is 51.1 Å². The number of methoxy groups -OCH3 is 1. The van der Waals surface area contributed by atoms with Crippen molar-refractivity contribution in [2.75, 3.05) is 13.7 Å². The van der Waals surface area contributed by atoms with E-state index in [1.54, 1.807) is 0 Å². The van der Waals surface area contributed by atoms with Crippen molar-refractivity contribution < 1.29 is 23.9 Å². The molecule has 1 saturated heterocycles. The Balaban J connectivity index is 2.05. The summed E-state index contributed by atoms with van der Waals surface area (Å²) in [7, 11) is 1.31. The first-order valence-electron chi connectivity index (χ1n) is 9.09. The van der Waals surface area contributed by atoms with E-state index in [9.17, 15) is 14.4 Å². The maximum Gasteiger partial charge on any atom is 0.408 e. The summed E-state index contributed by atoms with van der Waals surface area (Å²) < 4.78 is 10.1. The monoisotopic (exact) mass is 376 g/mol. The number of rotatable bonds is 5. The summed E-state index contributed by atoms with van der Waals surface area (Å²) >= 11 is 0. The van der Waals surface area contributed by atoms with Crippen LogP contribution in [0.2, 0.25) is 0 Å². The predicted molar refractivity (Wildman–Crippen MR) is 99.8 cm³/mol. The molecule has 0 bridgehead atoms. The molecule has 1 aromatic carbocycles. The summed E-state index contributed by atoms with van der Waals surface area (Å²) in [5.74, 6) is -0.729. The summed E-state index contributed by atoms with van der Waals surface area (Å²) in [6.45, 7) is 6.15. The number of amides is 2. The highest BCUT2D eigenvalue weighted by molar-refractivity contribution is 5.90. The van der Waals surface area contributed by atoms with Gasteiger partial charge in [0.1, 0.15) is 18.7 Å². The molecule has 2 amide bonds. The number of hydrogen-bond donors (Lipinski definition) is 1. The molecule has 2 unspecified atom stereocenters. The lowest BCUT2D eigenvalue weighted by molar-refractivity contribution is -0.152. The minimum Gasteiger partial charge on any atom is -0.467 e. The van der Waals surface area contributed by atoms with Gasteiger partial charge in [0, 0.05) is 6.54 Å². The summed E-state index contributed by atoms with van der Waals surface area (Å²) in [5.41, 5.74) is 0.308. The van der Waals surface area contributed by atoms with Crippen LogP contribution in [0, 0.1) is 5.41 Å². The van der Waals surface area contributed by atoms with Gasteiger partial charge in [-0.25, -0.2) is 9.59 Å². The Hall–Kier alpha value is -2.57. The molecular weight excluding hydrogens is 348 g/mol. The summed E-state index contributed by atoms with van der Waals surface area (Å²) in [4.78, 5) is 38.8. The molecule has 0 saturated carbocycles. The second-order valence-electron chi connectivity index (χ2n) is 7.72. The molecule has 1 heterocycles. The quantitative estimate of drug-likeness (QED) is 0.798. The minimum absolute atomic E-state index is 0.117. The van der Waals surface area contributed by atoms with Gasteiger partial charge < -0.3 is 19.7 Å². The number of alkyl carbamates (subject to hydrolysis) is 1. The number of carbonyl (C=O) groups is 3. The smallest absolute Gasteiger partial charge is 0.408 e. The van der Waals surface area contributed by atoms with Gasteiger partial charge in [0.2, 0.25) is 5.91 Å². The van der Waals surface area contributed by atoms with E-state index in [0.29, 0.717) is 13.0 Å². The lowest BCUT2D eigenvalue weighted by atomic mass is 9.85. The fourth-order valence-electron chi connectivity index (χ4n) is 3.11. The first kappa shape index (κ1) is 20.7. The van der Waals surface area contributed by atoms with E-state index in [4.69, 9.17) is 9.47 Å². The van der Waals surface area contributed by atoms with Crippen molar-refractivity contribution >= 4 is 18.0 Å². The second kappa shape index (κ2) is 8.88. The molecule has 1 N–H and O–H groups in total.